The van der Waals surface area contributed by atoms with Gasteiger partial charge in [0.25, 0.3) is 0 Å². The van der Waals surface area contributed by atoms with Crippen molar-refractivity contribution in [2.45, 2.75) is 66.1 Å². The number of esters is 1. The van der Waals surface area contributed by atoms with E-state index in [0.29, 0.717) is 30.9 Å². The molecule has 1 aromatic carbocycles. The molecule has 230 valence electrons. The molecule has 2 aromatic heterocycles. The Morgan fingerprint density at radius 2 is 1.76 bits per heavy atom. The van der Waals surface area contributed by atoms with E-state index in [2.05, 4.69) is 15.4 Å². The molecule has 12 heteroatoms. The highest BCUT2D eigenvalue weighted by molar-refractivity contribution is 5.89. The molecule has 0 radical (unpaired) electrons. The molecule has 0 aliphatic carbocycles. The van der Waals surface area contributed by atoms with Crippen molar-refractivity contribution in [3.05, 3.63) is 48.4 Å². The van der Waals surface area contributed by atoms with Crippen LogP contribution in [0.4, 0.5) is 9.59 Å². The van der Waals surface area contributed by atoms with E-state index >= 15 is 0 Å². The van der Waals surface area contributed by atoms with Crippen molar-refractivity contribution >= 4 is 23.8 Å². The van der Waals surface area contributed by atoms with Crippen LogP contribution in [-0.2, 0) is 14.2 Å². The molecule has 3 rings (SSSR count). The Bertz CT molecular complexity index is 1380. The first-order valence-corrected chi connectivity index (χ1v) is 14.0. The monoisotopic (exact) mass is 585 g/mol. The van der Waals surface area contributed by atoms with Crippen molar-refractivity contribution in [1.29, 1.82) is 0 Å². The van der Waals surface area contributed by atoms with Gasteiger partial charge in [0.05, 0.1) is 19.3 Å². The first-order valence-electron chi connectivity index (χ1n) is 14.0. The number of nitrogens with one attached hydrogen (secondary N) is 1. The Labute approximate surface area is 247 Å². The van der Waals surface area contributed by atoms with Crippen LogP contribution in [0.1, 0.15) is 66.8 Å². The zero-order valence-corrected chi connectivity index (χ0v) is 25.4. The van der Waals surface area contributed by atoms with Crippen molar-refractivity contribution in [2.75, 3.05) is 32.8 Å². The van der Waals surface area contributed by atoms with Gasteiger partial charge in [-0.1, -0.05) is 12.1 Å². The lowest BCUT2D eigenvalue weighted by molar-refractivity contribution is 0.0224. The third-order valence-corrected chi connectivity index (χ3v) is 5.55. The van der Waals surface area contributed by atoms with E-state index in [9.17, 15) is 14.4 Å². The average molecular weight is 586 g/mol. The lowest BCUT2D eigenvalue weighted by Gasteiger charge is -2.27. The number of carbonyl (C=O) groups excluding carboxylic acids is 3. The van der Waals surface area contributed by atoms with E-state index in [-0.39, 0.29) is 26.9 Å². The number of benzene rings is 1. The molecule has 2 heterocycles. The van der Waals surface area contributed by atoms with Gasteiger partial charge in [0.1, 0.15) is 23.6 Å². The number of fused-ring (bicyclic) bond motifs is 1. The third kappa shape index (κ3) is 9.93. The molecule has 0 unspecified atom stereocenters. The summed E-state index contributed by atoms with van der Waals surface area (Å²) in [6.45, 7) is 14.0. The van der Waals surface area contributed by atoms with E-state index in [4.69, 9.17) is 18.9 Å². The van der Waals surface area contributed by atoms with Crippen LogP contribution in [-0.4, -0.2) is 81.7 Å². The highest BCUT2D eigenvalue weighted by Gasteiger charge is 2.22. The summed E-state index contributed by atoms with van der Waals surface area (Å²) >= 11 is 0. The lowest BCUT2D eigenvalue weighted by Crippen LogP contribution is -2.41. The van der Waals surface area contributed by atoms with E-state index in [1.165, 1.54) is 0 Å². The van der Waals surface area contributed by atoms with Crippen LogP contribution < -0.4 is 10.1 Å². The normalized spacial score (nSPS) is 11.6. The highest BCUT2D eigenvalue weighted by atomic mass is 16.6. The standard InChI is InChI=1S/C30H41N5O7.H2/c1-8-39-26(36)24-13-16-35-25(33-24)23(20-32-35)21-11-9-12-22(19-21)40-18-17-34(28(38)42-30(5,6)7)15-10-14-31-27(37)41-29(2,3)4;/h9,11-13,16,19-20H,8,10,14-15,17-18H2,1-7H3,(H,31,37);1H. The topological polar surface area (TPSA) is 134 Å². The molecule has 3 aromatic rings. The Kier molecular flexibility index (Phi) is 10.7. The second-order valence-corrected chi connectivity index (χ2v) is 11.5. The smallest absolute Gasteiger partial charge is 0.410 e. The Balaban J connectivity index is 0.00000645. The van der Waals surface area contributed by atoms with Gasteiger partial charge in [0.2, 0.25) is 0 Å². The van der Waals surface area contributed by atoms with Crippen LogP contribution in [0.2, 0.25) is 0 Å². The van der Waals surface area contributed by atoms with Gasteiger partial charge in [0.15, 0.2) is 11.3 Å². The third-order valence-electron chi connectivity index (χ3n) is 5.55. The number of hydrogen-bond donors (Lipinski definition) is 1. The molecule has 0 aliphatic heterocycles. The van der Waals surface area contributed by atoms with Crippen LogP contribution in [0.3, 0.4) is 0 Å². The van der Waals surface area contributed by atoms with E-state index in [0.717, 1.165) is 11.1 Å². The largest absolute Gasteiger partial charge is 0.492 e. The van der Waals surface area contributed by atoms with Crippen molar-refractivity contribution in [3.63, 3.8) is 0 Å². The van der Waals surface area contributed by atoms with Gasteiger partial charge in [-0.15, -0.1) is 0 Å². The molecule has 0 saturated carbocycles. The molecule has 0 fully saturated rings. The molecule has 0 aliphatic rings. The lowest BCUT2D eigenvalue weighted by atomic mass is 10.1. The van der Waals surface area contributed by atoms with E-state index in [1.54, 1.807) is 76.3 Å². The number of carbonyl (C=O) groups is 3. The molecular formula is C30H43N5O7. The van der Waals surface area contributed by atoms with Gasteiger partial charge in [0, 0.05) is 26.3 Å². The Morgan fingerprint density at radius 3 is 2.45 bits per heavy atom. The summed E-state index contributed by atoms with van der Waals surface area (Å²) in [5.41, 5.74) is 0.979. The average Bonchev–Trinajstić information content (AvgIpc) is 3.31. The molecule has 1 N–H and O–H groups in total. The van der Waals surface area contributed by atoms with Gasteiger partial charge >= 0.3 is 18.2 Å². The van der Waals surface area contributed by atoms with Gasteiger partial charge in [-0.2, -0.15) is 5.10 Å². The highest BCUT2D eigenvalue weighted by Crippen LogP contribution is 2.27. The van der Waals surface area contributed by atoms with Crippen molar-refractivity contribution in [1.82, 2.24) is 24.8 Å². The fraction of sp³-hybridized carbons (Fsp3) is 0.500. The molecule has 0 saturated heterocycles. The molecule has 0 bridgehead atoms. The van der Waals surface area contributed by atoms with Gasteiger partial charge in [-0.05, 0) is 78.6 Å². The van der Waals surface area contributed by atoms with Gasteiger partial charge in [-0.3, -0.25) is 0 Å². The number of ether oxygens (including phenoxy) is 4. The van der Waals surface area contributed by atoms with Crippen LogP contribution in [0, 0.1) is 0 Å². The zero-order chi connectivity index (χ0) is 30.9. The number of alkyl carbamates (subject to hydrolysis) is 1. The number of aromatic nitrogens is 3. The molecule has 42 heavy (non-hydrogen) atoms. The number of amides is 2. The predicted octanol–water partition coefficient (Wildman–Crippen LogP) is 5.35. The summed E-state index contributed by atoms with van der Waals surface area (Å²) in [6.07, 6.45) is 2.86. The zero-order valence-electron chi connectivity index (χ0n) is 25.4. The summed E-state index contributed by atoms with van der Waals surface area (Å²) in [7, 11) is 0. The van der Waals surface area contributed by atoms with Crippen molar-refractivity contribution < 1.29 is 34.8 Å². The molecule has 0 spiro atoms. The van der Waals surface area contributed by atoms with Crippen LogP contribution in [0.5, 0.6) is 5.75 Å². The maximum atomic E-state index is 12.9. The predicted molar refractivity (Wildman–Crippen MR) is 159 cm³/mol. The SMILES string of the molecule is CCOC(=O)c1ccn2ncc(-c3cccc(OCCN(CCCNC(=O)OC(C)(C)C)C(=O)OC(C)(C)C)c3)c2n1.[HH]. The maximum absolute atomic E-state index is 12.9. The van der Waals surface area contributed by atoms with E-state index < -0.39 is 29.4 Å². The van der Waals surface area contributed by atoms with E-state index in [1.807, 2.05) is 24.3 Å². The number of hydrogen-bond acceptors (Lipinski definition) is 9. The van der Waals surface area contributed by atoms with Crippen LogP contribution in [0.25, 0.3) is 16.8 Å². The summed E-state index contributed by atoms with van der Waals surface area (Å²) < 4.78 is 23.5. The van der Waals surface area contributed by atoms with Crippen LogP contribution >= 0.6 is 0 Å². The molecule has 2 amide bonds. The Hall–Kier alpha value is -4.35. The molecular weight excluding hydrogens is 542 g/mol. The van der Waals surface area contributed by atoms with Crippen molar-refractivity contribution in [2.24, 2.45) is 0 Å². The fourth-order valence-electron chi connectivity index (χ4n) is 3.81. The summed E-state index contributed by atoms with van der Waals surface area (Å²) in [5.74, 6) is 0.0866. The fourth-order valence-corrected chi connectivity index (χ4v) is 3.81. The quantitative estimate of drug-likeness (QED) is 0.180. The van der Waals surface area contributed by atoms with Crippen LogP contribution in [0.15, 0.2) is 42.7 Å². The second-order valence-electron chi connectivity index (χ2n) is 11.5. The molecule has 0 atom stereocenters. The first kappa shape index (κ1) is 32.2. The summed E-state index contributed by atoms with van der Waals surface area (Å²) in [4.78, 5) is 43.0. The minimum Gasteiger partial charge on any atom is -0.492 e. The Morgan fingerprint density at radius 1 is 1.02 bits per heavy atom. The number of rotatable bonds is 11. The van der Waals surface area contributed by atoms with Gasteiger partial charge in [-0.25, -0.2) is 23.9 Å². The summed E-state index contributed by atoms with van der Waals surface area (Å²) in [6, 6.07) is 8.96. The second kappa shape index (κ2) is 14.0. The number of nitrogens with zero attached hydrogens (tertiary/aromatic N) is 4. The van der Waals surface area contributed by atoms with Crippen molar-refractivity contribution in [3.8, 4) is 16.9 Å². The molecule has 12 nitrogen and oxygen atoms in total. The van der Waals surface area contributed by atoms with Gasteiger partial charge < -0.3 is 29.2 Å². The minimum absolute atomic E-state index is 0. The minimum atomic E-state index is -0.658. The maximum Gasteiger partial charge on any atom is 0.410 e. The first-order chi connectivity index (χ1) is 19.8. The summed E-state index contributed by atoms with van der Waals surface area (Å²) in [5, 5.41) is 7.04.